The second-order valence-corrected chi connectivity index (χ2v) is 8.97. The van der Waals surface area contributed by atoms with Crippen molar-refractivity contribution in [2.75, 3.05) is 37.5 Å². The summed E-state index contributed by atoms with van der Waals surface area (Å²) in [6.45, 7) is 2.27. The van der Waals surface area contributed by atoms with Crippen molar-refractivity contribution in [3.8, 4) is 5.75 Å². The third-order valence-electron chi connectivity index (χ3n) is 4.83. The summed E-state index contributed by atoms with van der Waals surface area (Å²) in [5, 5.41) is 4.09. The molecule has 1 amide bonds. The summed E-state index contributed by atoms with van der Waals surface area (Å²) < 4.78 is 11.5. The highest BCUT2D eigenvalue weighted by Crippen LogP contribution is 2.39. The van der Waals surface area contributed by atoms with Gasteiger partial charge >= 0.3 is 5.97 Å². The van der Waals surface area contributed by atoms with Crippen LogP contribution < -0.4 is 15.0 Å². The van der Waals surface area contributed by atoms with Crippen molar-refractivity contribution in [1.82, 2.24) is 9.97 Å². The molecule has 0 spiro atoms. The van der Waals surface area contributed by atoms with Crippen LogP contribution in [0.1, 0.15) is 29.8 Å². The zero-order valence-corrected chi connectivity index (χ0v) is 18.6. The van der Waals surface area contributed by atoms with Gasteiger partial charge in [0.25, 0.3) is 0 Å². The number of carbonyl (C=O) groups is 2. The second kappa shape index (κ2) is 8.57. The van der Waals surface area contributed by atoms with E-state index in [-0.39, 0.29) is 24.3 Å². The summed E-state index contributed by atoms with van der Waals surface area (Å²) in [6.07, 6.45) is 1.49. The monoisotopic (exact) mass is 446 g/mol. The van der Waals surface area contributed by atoms with Gasteiger partial charge in [-0.3, -0.25) is 9.59 Å². The number of nitrogens with one attached hydrogen (secondary N) is 1. The number of hydrogen-bond acceptors (Lipinski definition) is 9. The molecular weight excluding hydrogens is 424 g/mol. The number of aryl methyl sites for hydroxylation is 1. The number of rotatable bonds is 7. The average molecular weight is 447 g/mol. The number of benzene rings is 1. The summed E-state index contributed by atoms with van der Waals surface area (Å²) in [5.41, 5.74) is 1.52. The van der Waals surface area contributed by atoms with Crippen LogP contribution in [0.25, 0.3) is 10.2 Å². The Balaban J connectivity index is 1.42. The van der Waals surface area contributed by atoms with Crippen molar-refractivity contribution in [3.05, 3.63) is 28.8 Å². The van der Waals surface area contributed by atoms with Crippen LogP contribution in [0.15, 0.2) is 18.2 Å². The van der Waals surface area contributed by atoms with Gasteiger partial charge in [0.2, 0.25) is 5.91 Å². The molecule has 0 radical (unpaired) electrons. The molecule has 3 aromatic rings. The van der Waals surface area contributed by atoms with Gasteiger partial charge in [-0.2, -0.15) is 0 Å². The molecule has 30 heavy (non-hydrogen) atoms. The van der Waals surface area contributed by atoms with E-state index in [9.17, 15) is 9.59 Å². The number of methoxy groups -OCH3 is 1. The lowest BCUT2D eigenvalue weighted by Crippen LogP contribution is -2.30. The molecule has 1 aliphatic rings. The van der Waals surface area contributed by atoms with Crippen LogP contribution in [0.2, 0.25) is 0 Å². The van der Waals surface area contributed by atoms with Crippen LogP contribution >= 0.6 is 22.7 Å². The molecule has 0 saturated heterocycles. The molecule has 0 bridgehead atoms. The molecule has 0 unspecified atom stereocenters. The molecule has 4 rings (SSSR count). The topological polar surface area (TPSA) is 93.7 Å². The van der Waals surface area contributed by atoms with E-state index < -0.39 is 0 Å². The van der Waals surface area contributed by atoms with Crippen molar-refractivity contribution >= 4 is 55.0 Å². The van der Waals surface area contributed by atoms with Gasteiger partial charge in [0.15, 0.2) is 10.3 Å². The second-order valence-electron chi connectivity index (χ2n) is 6.88. The quantitative estimate of drug-likeness (QED) is 0.556. The van der Waals surface area contributed by atoms with Gasteiger partial charge in [0.1, 0.15) is 17.2 Å². The molecule has 2 aromatic heterocycles. The number of fused-ring (bicyclic) bond motifs is 2. The Bertz CT molecular complexity index is 1090. The molecule has 0 saturated carbocycles. The maximum atomic E-state index is 12.6. The average Bonchev–Trinajstić information content (AvgIpc) is 3.41. The van der Waals surface area contributed by atoms with Crippen LogP contribution in [-0.4, -0.2) is 49.2 Å². The van der Waals surface area contributed by atoms with E-state index in [4.69, 9.17) is 9.47 Å². The smallest absolute Gasteiger partial charge is 0.315 e. The maximum absolute atomic E-state index is 12.6. The van der Waals surface area contributed by atoms with Crippen molar-refractivity contribution in [1.29, 1.82) is 0 Å². The Morgan fingerprint density at radius 3 is 2.90 bits per heavy atom. The Kier molecular flexibility index (Phi) is 5.87. The van der Waals surface area contributed by atoms with Gasteiger partial charge in [-0.15, -0.1) is 11.3 Å². The lowest BCUT2D eigenvalue weighted by atomic mass is 10.1. The number of nitrogens with zero attached hydrogens (tertiary/aromatic N) is 3. The molecule has 1 N–H and O–H groups in total. The third-order valence-corrected chi connectivity index (χ3v) is 7.01. The highest BCUT2D eigenvalue weighted by molar-refractivity contribution is 7.22. The van der Waals surface area contributed by atoms with Gasteiger partial charge < -0.3 is 19.7 Å². The number of hydrogen-bond donors (Lipinski definition) is 1. The molecule has 1 aliphatic carbocycles. The van der Waals surface area contributed by atoms with E-state index in [0.29, 0.717) is 23.9 Å². The minimum absolute atomic E-state index is 0.133. The first kappa shape index (κ1) is 20.5. The number of amides is 1. The predicted octanol–water partition coefficient (Wildman–Crippen LogP) is 3.43. The summed E-state index contributed by atoms with van der Waals surface area (Å²) in [5.74, 6) is -0.0576. The highest BCUT2D eigenvalue weighted by Gasteiger charge is 2.33. The summed E-state index contributed by atoms with van der Waals surface area (Å²) in [7, 11) is 3.44. The van der Waals surface area contributed by atoms with E-state index in [1.807, 2.05) is 25.2 Å². The normalized spacial score (nSPS) is 15.1. The van der Waals surface area contributed by atoms with E-state index in [0.717, 1.165) is 32.3 Å². The first-order valence-corrected chi connectivity index (χ1v) is 11.2. The number of likely N-dealkylation sites (N-methyl/N-ethyl adjacent to an activating group) is 1. The SMILES string of the molecule is CCOC(=O)[C@@H]1CCc2sc(NC(=O)CN(C)c3nc4c(OC)cccc4s3)nc21. The van der Waals surface area contributed by atoms with Crippen molar-refractivity contribution < 1.29 is 19.1 Å². The number of para-hydroxylation sites is 1. The molecule has 10 heteroatoms. The molecule has 0 aliphatic heterocycles. The fourth-order valence-electron chi connectivity index (χ4n) is 3.43. The van der Waals surface area contributed by atoms with Crippen LogP contribution in [0.3, 0.4) is 0 Å². The minimum atomic E-state index is -0.331. The zero-order chi connectivity index (χ0) is 21.3. The summed E-state index contributed by atoms with van der Waals surface area (Å²) in [4.78, 5) is 36.6. The predicted molar refractivity (Wildman–Crippen MR) is 118 cm³/mol. The minimum Gasteiger partial charge on any atom is -0.494 e. The highest BCUT2D eigenvalue weighted by atomic mass is 32.1. The number of aromatic nitrogens is 2. The van der Waals surface area contributed by atoms with Crippen LogP contribution in [0, 0.1) is 0 Å². The van der Waals surface area contributed by atoms with Gasteiger partial charge in [0, 0.05) is 11.9 Å². The van der Waals surface area contributed by atoms with E-state index in [1.165, 1.54) is 22.7 Å². The number of thiazole rings is 2. The van der Waals surface area contributed by atoms with Gasteiger partial charge in [0.05, 0.1) is 30.7 Å². The standard InChI is InChI=1S/C20H22N4O4S2/c1-4-28-18(26)11-8-9-14-16(11)22-19(29-14)21-15(25)10-24(2)20-23-17-12(27-3)6-5-7-13(17)30-20/h5-7,11H,4,8-10H2,1-3H3,(H,21,22,25)/t11-/m1/s1. The van der Waals surface area contributed by atoms with Crippen molar-refractivity contribution in [3.63, 3.8) is 0 Å². The molecule has 0 fully saturated rings. The largest absolute Gasteiger partial charge is 0.494 e. The Morgan fingerprint density at radius 1 is 1.30 bits per heavy atom. The Labute approximate surface area is 181 Å². The van der Waals surface area contributed by atoms with Crippen molar-refractivity contribution in [2.24, 2.45) is 0 Å². The molecule has 1 aromatic carbocycles. The molecule has 2 heterocycles. The third kappa shape index (κ3) is 3.97. The van der Waals surface area contributed by atoms with Gasteiger partial charge in [-0.25, -0.2) is 9.97 Å². The summed E-state index contributed by atoms with van der Waals surface area (Å²) >= 11 is 2.92. The van der Waals surface area contributed by atoms with Gasteiger partial charge in [-0.05, 0) is 31.9 Å². The van der Waals surface area contributed by atoms with E-state index in [2.05, 4.69) is 15.3 Å². The molecule has 158 valence electrons. The lowest BCUT2D eigenvalue weighted by Gasteiger charge is -2.14. The summed E-state index contributed by atoms with van der Waals surface area (Å²) in [6, 6.07) is 5.76. The number of ether oxygens (including phenoxy) is 2. The van der Waals surface area contributed by atoms with Crippen LogP contribution in [-0.2, 0) is 20.7 Å². The Morgan fingerprint density at radius 2 is 2.13 bits per heavy atom. The van der Waals surface area contributed by atoms with Crippen LogP contribution in [0.4, 0.5) is 10.3 Å². The number of carbonyl (C=O) groups excluding carboxylic acids is 2. The number of esters is 1. The lowest BCUT2D eigenvalue weighted by molar-refractivity contribution is -0.145. The first-order valence-electron chi connectivity index (χ1n) is 9.61. The zero-order valence-electron chi connectivity index (χ0n) is 16.9. The van der Waals surface area contributed by atoms with E-state index in [1.54, 1.807) is 18.9 Å². The van der Waals surface area contributed by atoms with E-state index >= 15 is 0 Å². The Hall–Kier alpha value is -2.72. The maximum Gasteiger partial charge on any atom is 0.315 e. The molecule has 8 nitrogen and oxygen atoms in total. The van der Waals surface area contributed by atoms with Gasteiger partial charge in [-0.1, -0.05) is 17.4 Å². The first-order chi connectivity index (χ1) is 14.5. The van der Waals surface area contributed by atoms with Crippen molar-refractivity contribution in [2.45, 2.75) is 25.7 Å². The number of anilines is 2. The molecule has 1 atom stereocenters. The van der Waals surface area contributed by atoms with Crippen LogP contribution in [0.5, 0.6) is 5.75 Å². The fourth-order valence-corrected chi connectivity index (χ4v) is 5.43. The fraction of sp³-hybridized carbons (Fsp3) is 0.400. The molecular formula is C20H22N4O4S2.